The zero-order valence-electron chi connectivity index (χ0n) is 21.3. The number of aryl methyl sites for hydroxylation is 1. The molecule has 0 atom stereocenters. The highest BCUT2D eigenvalue weighted by atomic mass is 35.5. The minimum absolute atomic E-state index is 0.211. The minimum Gasteiger partial charge on any atom is -0.493 e. The Bertz CT molecular complexity index is 1290. The Kier molecular flexibility index (Phi) is 10.9. The molecule has 198 valence electrons. The Morgan fingerprint density at radius 1 is 0.947 bits per heavy atom. The molecule has 0 aliphatic carbocycles. The summed E-state index contributed by atoms with van der Waals surface area (Å²) in [6, 6.07) is 18.9. The number of nitrogens with zero attached hydrogens (tertiary/aromatic N) is 1. The molecule has 2 amide bonds. The van der Waals surface area contributed by atoms with E-state index in [9.17, 15) is 14.4 Å². The van der Waals surface area contributed by atoms with Crippen LogP contribution >= 0.6 is 11.6 Å². The van der Waals surface area contributed by atoms with Crippen molar-refractivity contribution in [1.29, 1.82) is 0 Å². The van der Waals surface area contributed by atoms with Crippen LogP contribution in [0.15, 0.2) is 71.8 Å². The molecule has 0 aliphatic heterocycles. The van der Waals surface area contributed by atoms with Crippen LogP contribution in [0.2, 0.25) is 5.02 Å². The largest absolute Gasteiger partial charge is 0.493 e. The Morgan fingerprint density at radius 3 is 2.45 bits per heavy atom. The van der Waals surface area contributed by atoms with Gasteiger partial charge in [0.15, 0.2) is 11.5 Å². The summed E-state index contributed by atoms with van der Waals surface area (Å²) in [5.74, 6) is -0.265. The highest BCUT2D eigenvalue weighted by Crippen LogP contribution is 2.28. The van der Waals surface area contributed by atoms with E-state index in [4.69, 9.17) is 21.1 Å². The molecular formula is C29H30ClN3O5. The van der Waals surface area contributed by atoms with Gasteiger partial charge in [0.05, 0.1) is 29.5 Å². The average Bonchev–Trinajstić information content (AvgIpc) is 2.91. The van der Waals surface area contributed by atoms with E-state index < -0.39 is 5.97 Å². The zero-order valence-corrected chi connectivity index (χ0v) is 22.1. The standard InChI is InChI=1S/C29H30ClN3O5/c1-20-11-14-22(15-12-20)29(36)38-25-16-13-21(18-26(25)37-2)19-32-33-27(34)10-4-3-7-17-31-28(35)23-8-5-6-9-24(23)30/h5-6,8-9,11-16,18-19H,3-4,7,10,17H2,1-2H3,(H,31,35)(H,33,34). The molecule has 0 unspecified atom stereocenters. The van der Waals surface area contributed by atoms with Gasteiger partial charge in [-0.2, -0.15) is 5.10 Å². The van der Waals surface area contributed by atoms with E-state index in [-0.39, 0.29) is 17.6 Å². The molecule has 0 saturated heterocycles. The van der Waals surface area contributed by atoms with E-state index in [0.29, 0.717) is 46.8 Å². The molecule has 0 bridgehead atoms. The summed E-state index contributed by atoms with van der Waals surface area (Å²) in [7, 11) is 1.48. The summed E-state index contributed by atoms with van der Waals surface area (Å²) in [4.78, 5) is 36.6. The second-order valence-corrected chi connectivity index (χ2v) is 8.91. The number of hydrazone groups is 1. The lowest BCUT2D eigenvalue weighted by Crippen LogP contribution is -2.24. The molecule has 0 spiro atoms. The lowest BCUT2D eigenvalue weighted by atomic mass is 10.1. The number of amides is 2. The molecule has 9 heteroatoms. The van der Waals surface area contributed by atoms with Gasteiger partial charge in [-0.05, 0) is 67.8 Å². The van der Waals surface area contributed by atoms with Crippen LogP contribution in [-0.4, -0.2) is 37.7 Å². The fourth-order valence-corrected chi connectivity index (χ4v) is 3.68. The quantitative estimate of drug-likeness (QED) is 0.107. The average molecular weight is 536 g/mol. The first-order valence-electron chi connectivity index (χ1n) is 12.2. The molecule has 0 saturated carbocycles. The highest BCUT2D eigenvalue weighted by molar-refractivity contribution is 6.33. The Labute approximate surface area is 227 Å². The summed E-state index contributed by atoms with van der Waals surface area (Å²) in [5.41, 5.74) is 5.09. The number of carbonyl (C=O) groups excluding carboxylic acids is 3. The van der Waals surface area contributed by atoms with Crippen LogP contribution in [0, 0.1) is 6.92 Å². The molecule has 0 radical (unpaired) electrons. The predicted molar refractivity (Wildman–Crippen MR) is 147 cm³/mol. The summed E-state index contributed by atoms with van der Waals surface area (Å²) >= 11 is 6.02. The number of esters is 1. The van der Waals surface area contributed by atoms with Gasteiger partial charge in [0.1, 0.15) is 0 Å². The van der Waals surface area contributed by atoms with Crippen LogP contribution in [0.5, 0.6) is 11.5 Å². The Morgan fingerprint density at radius 2 is 1.71 bits per heavy atom. The first-order chi connectivity index (χ1) is 18.4. The van der Waals surface area contributed by atoms with Crippen LogP contribution in [0.3, 0.4) is 0 Å². The van der Waals surface area contributed by atoms with Gasteiger partial charge in [-0.25, -0.2) is 10.2 Å². The number of hydrogen-bond donors (Lipinski definition) is 2. The molecule has 38 heavy (non-hydrogen) atoms. The second kappa shape index (κ2) is 14.5. The fraction of sp³-hybridized carbons (Fsp3) is 0.241. The molecule has 3 rings (SSSR count). The van der Waals surface area contributed by atoms with E-state index in [1.807, 2.05) is 19.1 Å². The molecule has 0 heterocycles. The molecule has 0 aliphatic rings. The van der Waals surface area contributed by atoms with Crippen LogP contribution in [0.4, 0.5) is 0 Å². The molecule has 2 N–H and O–H groups in total. The van der Waals surface area contributed by atoms with Crippen molar-refractivity contribution in [2.45, 2.75) is 32.6 Å². The summed E-state index contributed by atoms with van der Waals surface area (Å²) in [6.45, 7) is 2.44. The third kappa shape index (κ3) is 8.74. The lowest BCUT2D eigenvalue weighted by Gasteiger charge is -2.10. The molecule has 3 aromatic rings. The molecule has 0 fully saturated rings. The van der Waals surface area contributed by atoms with Gasteiger partial charge in [-0.3, -0.25) is 9.59 Å². The van der Waals surface area contributed by atoms with E-state index >= 15 is 0 Å². The number of benzene rings is 3. The number of hydrogen-bond acceptors (Lipinski definition) is 6. The highest BCUT2D eigenvalue weighted by Gasteiger charge is 2.13. The Hall–Kier alpha value is -4.17. The zero-order chi connectivity index (χ0) is 27.3. The topological polar surface area (TPSA) is 106 Å². The van der Waals surface area contributed by atoms with Crippen molar-refractivity contribution in [3.05, 3.63) is 94.0 Å². The smallest absolute Gasteiger partial charge is 0.343 e. The van der Waals surface area contributed by atoms with E-state index in [1.54, 1.807) is 54.6 Å². The number of carbonyl (C=O) groups is 3. The van der Waals surface area contributed by atoms with Gasteiger partial charge in [0, 0.05) is 13.0 Å². The molecule has 3 aromatic carbocycles. The van der Waals surface area contributed by atoms with E-state index in [2.05, 4.69) is 15.8 Å². The van der Waals surface area contributed by atoms with Crippen molar-refractivity contribution in [3.8, 4) is 11.5 Å². The van der Waals surface area contributed by atoms with Gasteiger partial charge >= 0.3 is 5.97 Å². The van der Waals surface area contributed by atoms with Gasteiger partial charge < -0.3 is 14.8 Å². The second-order valence-electron chi connectivity index (χ2n) is 8.51. The number of nitrogens with one attached hydrogen (secondary N) is 2. The van der Waals surface area contributed by atoms with Crippen LogP contribution in [0.25, 0.3) is 0 Å². The normalized spacial score (nSPS) is 10.7. The van der Waals surface area contributed by atoms with E-state index in [0.717, 1.165) is 18.4 Å². The van der Waals surface area contributed by atoms with Crippen molar-refractivity contribution in [3.63, 3.8) is 0 Å². The van der Waals surface area contributed by atoms with Gasteiger partial charge in [0.2, 0.25) is 5.91 Å². The van der Waals surface area contributed by atoms with Gasteiger partial charge in [0.25, 0.3) is 5.91 Å². The molecule has 0 aromatic heterocycles. The summed E-state index contributed by atoms with van der Waals surface area (Å²) < 4.78 is 10.8. The molecule has 8 nitrogen and oxygen atoms in total. The SMILES string of the molecule is COc1cc(C=NNC(=O)CCCCCNC(=O)c2ccccc2Cl)ccc1OC(=O)c1ccc(C)cc1. The summed E-state index contributed by atoms with van der Waals surface area (Å²) in [5, 5.41) is 7.23. The first kappa shape index (κ1) is 28.4. The number of halogens is 1. The maximum absolute atomic E-state index is 12.4. The van der Waals surface area contributed by atoms with Crippen LogP contribution in [-0.2, 0) is 4.79 Å². The molecular weight excluding hydrogens is 506 g/mol. The van der Waals surface area contributed by atoms with Crippen molar-refractivity contribution in [2.24, 2.45) is 5.10 Å². The third-order valence-corrected chi connectivity index (χ3v) is 5.89. The lowest BCUT2D eigenvalue weighted by molar-refractivity contribution is -0.121. The van der Waals surface area contributed by atoms with Crippen molar-refractivity contribution in [1.82, 2.24) is 10.7 Å². The Balaban J connectivity index is 1.37. The van der Waals surface area contributed by atoms with Crippen LogP contribution in [0.1, 0.15) is 57.5 Å². The number of methoxy groups -OCH3 is 1. The van der Waals surface area contributed by atoms with Crippen molar-refractivity contribution < 1.29 is 23.9 Å². The maximum atomic E-state index is 12.4. The van der Waals surface area contributed by atoms with Gasteiger partial charge in [-0.1, -0.05) is 47.9 Å². The first-order valence-corrected chi connectivity index (χ1v) is 12.6. The number of ether oxygens (including phenoxy) is 2. The number of rotatable bonds is 12. The minimum atomic E-state index is -0.486. The third-order valence-electron chi connectivity index (χ3n) is 5.57. The number of unbranched alkanes of at least 4 members (excludes halogenated alkanes) is 2. The van der Waals surface area contributed by atoms with Crippen molar-refractivity contribution in [2.75, 3.05) is 13.7 Å². The fourth-order valence-electron chi connectivity index (χ4n) is 3.46. The van der Waals surface area contributed by atoms with E-state index in [1.165, 1.54) is 13.3 Å². The summed E-state index contributed by atoms with van der Waals surface area (Å²) in [6.07, 6.45) is 3.98. The van der Waals surface area contributed by atoms with Crippen molar-refractivity contribution >= 4 is 35.6 Å². The predicted octanol–water partition coefficient (Wildman–Crippen LogP) is 5.32. The van der Waals surface area contributed by atoms with Crippen LogP contribution < -0.4 is 20.2 Å². The van der Waals surface area contributed by atoms with Gasteiger partial charge in [-0.15, -0.1) is 0 Å². The maximum Gasteiger partial charge on any atom is 0.343 e. The monoisotopic (exact) mass is 535 g/mol.